The Morgan fingerprint density at radius 2 is 2.22 bits per heavy atom. The highest BCUT2D eigenvalue weighted by molar-refractivity contribution is 5.77. The molecule has 1 heterocycles. The van der Waals surface area contributed by atoms with Crippen molar-refractivity contribution in [3.05, 3.63) is 35.4 Å². The smallest absolute Gasteiger partial charge is 0.324 e. The number of benzene rings is 1. The van der Waals surface area contributed by atoms with Crippen LogP contribution in [0.4, 0.5) is 0 Å². The third kappa shape index (κ3) is 1.82. The lowest BCUT2D eigenvalue weighted by molar-refractivity contribution is -0.146. The van der Waals surface area contributed by atoms with Gasteiger partial charge in [0.2, 0.25) is 0 Å². The fraction of sp³-hybridized carbons (Fsp3) is 0.500. The van der Waals surface area contributed by atoms with Crippen LogP contribution in [0.25, 0.3) is 0 Å². The second-order valence-electron chi connectivity index (χ2n) is 4.90. The molecule has 96 valence electrons. The Hall–Kier alpha value is -1.39. The molecule has 0 saturated carbocycles. The summed E-state index contributed by atoms with van der Waals surface area (Å²) in [5.41, 5.74) is 9.05. The van der Waals surface area contributed by atoms with E-state index in [0.717, 1.165) is 12.8 Å². The Kier molecular flexibility index (Phi) is 3.06. The van der Waals surface area contributed by atoms with E-state index in [0.29, 0.717) is 12.5 Å². The number of aryl methyl sites for hydroxylation is 1. The molecule has 1 aromatic rings. The van der Waals surface area contributed by atoms with Gasteiger partial charge in [-0.25, -0.2) is 10.9 Å². The minimum Gasteiger partial charge on any atom is -0.465 e. The van der Waals surface area contributed by atoms with Gasteiger partial charge in [0.15, 0.2) is 0 Å². The second kappa shape index (κ2) is 4.71. The zero-order chi connectivity index (χ0) is 12.5. The Bertz CT molecular complexity index is 461. The summed E-state index contributed by atoms with van der Waals surface area (Å²) in [6.45, 7) is 2.28. The van der Waals surface area contributed by atoms with Crippen molar-refractivity contribution in [3.8, 4) is 0 Å². The molecule has 0 spiro atoms. The van der Waals surface area contributed by atoms with Gasteiger partial charge < -0.3 is 4.74 Å². The van der Waals surface area contributed by atoms with E-state index >= 15 is 0 Å². The Labute approximate surface area is 107 Å². The summed E-state index contributed by atoms with van der Waals surface area (Å²) < 4.78 is 5.12. The normalized spacial score (nSPS) is 29.5. The van der Waals surface area contributed by atoms with Crippen LogP contribution in [0, 0.1) is 5.92 Å². The summed E-state index contributed by atoms with van der Waals surface area (Å²) in [7, 11) is 0. The summed E-state index contributed by atoms with van der Waals surface area (Å²) in [6, 6.07) is 8.46. The highest BCUT2D eigenvalue weighted by Crippen LogP contribution is 2.38. The van der Waals surface area contributed by atoms with E-state index in [2.05, 4.69) is 35.1 Å². The second-order valence-corrected chi connectivity index (χ2v) is 4.90. The minimum atomic E-state index is -0.219. The van der Waals surface area contributed by atoms with Gasteiger partial charge in [0, 0.05) is 5.92 Å². The van der Waals surface area contributed by atoms with Crippen molar-refractivity contribution in [2.45, 2.75) is 31.8 Å². The quantitative estimate of drug-likeness (QED) is 0.773. The SMILES string of the molecule is CCOC(=O)C1NNC2c3ccccc3CCC12. The van der Waals surface area contributed by atoms with Crippen LogP contribution in [0.3, 0.4) is 0 Å². The summed E-state index contributed by atoms with van der Waals surface area (Å²) in [5, 5.41) is 0. The lowest BCUT2D eigenvalue weighted by Gasteiger charge is -2.28. The van der Waals surface area contributed by atoms with E-state index in [1.807, 2.05) is 6.92 Å². The van der Waals surface area contributed by atoms with E-state index in [1.54, 1.807) is 0 Å². The molecule has 1 saturated heterocycles. The monoisotopic (exact) mass is 246 g/mol. The van der Waals surface area contributed by atoms with E-state index in [4.69, 9.17) is 4.74 Å². The number of hydrazine groups is 1. The molecule has 0 aromatic heterocycles. The highest BCUT2D eigenvalue weighted by atomic mass is 16.5. The number of esters is 1. The third-order valence-electron chi connectivity index (χ3n) is 3.93. The van der Waals surface area contributed by atoms with Crippen LogP contribution in [0.2, 0.25) is 0 Å². The van der Waals surface area contributed by atoms with Crippen LogP contribution >= 0.6 is 0 Å². The summed E-state index contributed by atoms with van der Waals surface area (Å²) in [6.07, 6.45) is 2.06. The van der Waals surface area contributed by atoms with Gasteiger partial charge in [0.05, 0.1) is 12.6 Å². The van der Waals surface area contributed by atoms with Gasteiger partial charge in [-0.3, -0.25) is 4.79 Å². The molecule has 4 heteroatoms. The number of carbonyl (C=O) groups excluding carboxylic acids is 1. The molecule has 1 aliphatic carbocycles. The van der Waals surface area contributed by atoms with Crippen LogP contribution in [-0.4, -0.2) is 18.6 Å². The van der Waals surface area contributed by atoms with Crippen molar-refractivity contribution >= 4 is 5.97 Å². The van der Waals surface area contributed by atoms with Crippen LogP contribution in [0.1, 0.15) is 30.5 Å². The lowest BCUT2D eigenvalue weighted by atomic mass is 9.78. The predicted molar refractivity (Wildman–Crippen MR) is 67.7 cm³/mol. The maximum atomic E-state index is 11.9. The van der Waals surface area contributed by atoms with Gasteiger partial charge in [-0.05, 0) is 30.9 Å². The van der Waals surface area contributed by atoms with Crippen molar-refractivity contribution < 1.29 is 9.53 Å². The minimum absolute atomic E-state index is 0.142. The standard InChI is InChI=1S/C14H18N2O2/c1-2-18-14(17)13-11-8-7-9-5-3-4-6-10(9)12(11)15-16-13/h3-6,11-13,15-16H,2,7-8H2,1H3. The summed E-state index contributed by atoms with van der Waals surface area (Å²) >= 11 is 0. The molecule has 1 aromatic carbocycles. The molecule has 1 aliphatic heterocycles. The molecule has 4 nitrogen and oxygen atoms in total. The van der Waals surface area contributed by atoms with Crippen molar-refractivity contribution in [3.63, 3.8) is 0 Å². The van der Waals surface area contributed by atoms with Crippen molar-refractivity contribution in [2.24, 2.45) is 5.92 Å². The van der Waals surface area contributed by atoms with Gasteiger partial charge in [-0.1, -0.05) is 24.3 Å². The van der Waals surface area contributed by atoms with Crippen LogP contribution in [-0.2, 0) is 16.0 Å². The first-order valence-electron chi connectivity index (χ1n) is 6.56. The summed E-state index contributed by atoms with van der Waals surface area (Å²) in [5.74, 6) is 0.149. The summed E-state index contributed by atoms with van der Waals surface area (Å²) in [4.78, 5) is 11.9. The molecule has 3 unspecified atom stereocenters. The molecule has 3 atom stereocenters. The number of ether oxygens (including phenoxy) is 1. The maximum Gasteiger partial charge on any atom is 0.324 e. The number of hydrogen-bond acceptors (Lipinski definition) is 4. The van der Waals surface area contributed by atoms with Crippen molar-refractivity contribution in [1.29, 1.82) is 0 Å². The van der Waals surface area contributed by atoms with Gasteiger partial charge in [-0.15, -0.1) is 0 Å². The third-order valence-corrected chi connectivity index (χ3v) is 3.93. The lowest BCUT2D eigenvalue weighted by Crippen LogP contribution is -2.40. The Morgan fingerprint density at radius 3 is 3.06 bits per heavy atom. The average molecular weight is 246 g/mol. The van der Waals surface area contributed by atoms with Gasteiger partial charge >= 0.3 is 5.97 Å². The van der Waals surface area contributed by atoms with Crippen LogP contribution in [0.15, 0.2) is 24.3 Å². The van der Waals surface area contributed by atoms with Gasteiger partial charge in [0.1, 0.15) is 6.04 Å². The van der Waals surface area contributed by atoms with E-state index in [9.17, 15) is 4.79 Å². The molecule has 0 bridgehead atoms. The largest absolute Gasteiger partial charge is 0.465 e. The first kappa shape index (κ1) is 11.7. The molecule has 1 fully saturated rings. The van der Waals surface area contributed by atoms with Crippen LogP contribution in [0.5, 0.6) is 0 Å². The van der Waals surface area contributed by atoms with Gasteiger partial charge in [0.25, 0.3) is 0 Å². The fourth-order valence-electron chi connectivity index (χ4n) is 3.08. The zero-order valence-corrected chi connectivity index (χ0v) is 10.5. The zero-order valence-electron chi connectivity index (χ0n) is 10.5. The van der Waals surface area contributed by atoms with E-state index in [1.165, 1.54) is 11.1 Å². The first-order chi connectivity index (χ1) is 8.81. The first-order valence-corrected chi connectivity index (χ1v) is 6.56. The van der Waals surface area contributed by atoms with E-state index < -0.39 is 0 Å². The molecule has 3 rings (SSSR count). The molecule has 0 amide bonds. The number of hydrogen-bond donors (Lipinski definition) is 2. The Morgan fingerprint density at radius 1 is 1.39 bits per heavy atom. The van der Waals surface area contributed by atoms with Crippen molar-refractivity contribution in [2.75, 3.05) is 6.61 Å². The van der Waals surface area contributed by atoms with E-state index in [-0.39, 0.29) is 18.1 Å². The Balaban J connectivity index is 1.84. The maximum absolute atomic E-state index is 11.9. The molecular formula is C14H18N2O2. The number of carbonyl (C=O) groups is 1. The molecule has 0 radical (unpaired) electrons. The number of nitrogens with one attached hydrogen (secondary N) is 2. The fourth-order valence-corrected chi connectivity index (χ4v) is 3.08. The topological polar surface area (TPSA) is 50.4 Å². The number of rotatable bonds is 2. The van der Waals surface area contributed by atoms with Crippen molar-refractivity contribution in [1.82, 2.24) is 10.9 Å². The predicted octanol–water partition coefficient (Wildman–Crippen LogP) is 1.33. The molecule has 18 heavy (non-hydrogen) atoms. The van der Waals surface area contributed by atoms with Crippen LogP contribution < -0.4 is 10.9 Å². The number of fused-ring (bicyclic) bond motifs is 3. The molecule has 2 N–H and O–H groups in total. The molecular weight excluding hydrogens is 228 g/mol. The molecule has 2 aliphatic rings. The van der Waals surface area contributed by atoms with Gasteiger partial charge in [-0.2, -0.15) is 0 Å². The highest BCUT2D eigenvalue weighted by Gasteiger charge is 2.43. The average Bonchev–Trinajstić information content (AvgIpc) is 2.83.